The molecular weight excluding hydrogens is 492 g/mol. The molecule has 0 amide bonds. The molecule has 0 bridgehead atoms. The number of ether oxygens (including phenoxy) is 5. The van der Waals surface area contributed by atoms with Crippen LogP contribution in [0.4, 0.5) is 0 Å². The quantitative estimate of drug-likeness (QED) is 0.263. The van der Waals surface area contributed by atoms with Crippen molar-refractivity contribution in [2.24, 2.45) is 0 Å². The monoisotopic (exact) mass is 524 g/mol. The van der Waals surface area contributed by atoms with Gasteiger partial charge in [0.2, 0.25) is 4.38 Å². The fourth-order valence-corrected chi connectivity index (χ4v) is 5.29. The first-order valence-electron chi connectivity index (χ1n) is 12.1. The van der Waals surface area contributed by atoms with E-state index in [-0.39, 0.29) is 23.7 Å². The predicted octanol–water partition coefficient (Wildman–Crippen LogP) is 6.15. The molecule has 4 atom stereocenters. The maximum atomic E-state index is 6.45. The molecule has 3 aromatic rings. The van der Waals surface area contributed by atoms with Gasteiger partial charge in [-0.25, -0.2) is 0 Å². The summed E-state index contributed by atoms with van der Waals surface area (Å²) in [5, 5.41) is 0. The first-order chi connectivity index (χ1) is 17.7. The Morgan fingerprint density at radius 1 is 0.750 bits per heavy atom. The van der Waals surface area contributed by atoms with E-state index in [4.69, 9.17) is 35.9 Å². The van der Waals surface area contributed by atoms with E-state index in [9.17, 15) is 0 Å². The van der Waals surface area contributed by atoms with E-state index < -0.39 is 0 Å². The van der Waals surface area contributed by atoms with Crippen LogP contribution in [0, 0.1) is 0 Å². The van der Waals surface area contributed by atoms with Crippen LogP contribution in [0.1, 0.15) is 23.6 Å². The Bertz CT molecular complexity index is 1040. The third kappa shape index (κ3) is 8.13. The highest BCUT2D eigenvalue weighted by atomic mass is 32.2. The van der Waals surface area contributed by atoms with Gasteiger partial charge in [0, 0.05) is 0 Å². The lowest BCUT2D eigenvalue weighted by atomic mass is 10.1. The molecule has 0 saturated carbocycles. The van der Waals surface area contributed by atoms with Crippen LogP contribution < -0.4 is 0 Å². The highest BCUT2D eigenvalue weighted by Crippen LogP contribution is 2.35. The second-order valence-electron chi connectivity index (χ2n) is 8.37. The summed E-state index contributed by atoms with van der Waals surface area (Å²) in [4.78, 5) is 0. The van der Waals surface area contributed by atoms with Crippen molar-refractivity contribution in [3.05, 3.63) is 108 Å². The van der Waals surface area contributed by atoms with E-state index >= 15 is 0 Å². The molecule has 0 radical (unpaired) electrons. The molecule has 36 heavy (non-hydrogen) atoms. The number of hydrogen-bond donors (Lipinski definition) is 0. The molecule has 7 heteroatoms. The molecule has 1 saturated heterocycles. The first-order valence-corrected chi connectivity index (χ1v) is 13.4. The van der Waals surface area contributed by atoms with Gasteiger partial charge in [-0.15, -0.1) is 0 Å². The molecule has 0 spiro atoms. The van der Waals surface area contributed by atoms with Crippen LogP contribution in [0.2, 0.25) is 0 Å². The average Bonchev–Trinajstić information content (AvgIpc) is 3.23. The van der Waals surface area contributed by atoms with Crippen molar-refractivity contribution in [1.29, 1.82) is 0 Å². The lowest BCUT2D eigenvalue weighted by Gasteiger charge is -2.25. The van der Waals surface area contributed by atoms with Crippen LogP contribution in [0.25, 0.3) is 0 Å². The highest BCUT2D eigenvalue weighted by Gasteiger charge is 2.47. The Labute approximate surface area is 223 Å². The average molecular weight is 525 g/mol. The maximum absolute atomic E-state index is 6.45. The van der Waals surface area contributed by atoms with Crippen molar-refractivity contribution < 1.29 is 23.7 Å². The smallest absolute Gasteiger partial charge is 0.222 e. The molecule has 4 rings (SSSR count). The molecule has 190 valence electrons. The van der Waals surface area contributed by atoms with Crippen LogP contribution in [0.5, 0.6) is 0 Å². The molecule has 0 unspecified atom stereocenters. The largest absolute Gasteiger partial charge is 0.479 e. The summed E-state index contributed by atoms with van der Waals surface area (Å²) in [7, 11) is 0. The van der Waals surface area contributed by atoms with E-state index in [1.165, 1.54) is 11.8 Å². The lowest BCUT2D eigenvalue weighted by Crippen LogP contribution is -2.38. The number of thiocarbonyl (C=S) groups is 1. The lowest BCUT2D eigenvalue weighted by molar-refractivity contribution is -0.0895. The van der Waals surface area contributed by atoms with Gasteiger partial charge in [-0.1, -0.05) is 91.0 Å². The molecule has 0 aliphatic carbocycles. The topological polar surface area (TPSA) is 46.2 Å². The summed E-state index contributed by atoms with van der Waals surface area (Å²) in [5.41, 5.74) is 2.90. The molecule has 1 heterocycles. The fraction of sp³-hybridized carbons (Fsp3) is 0.345. The third-order valence-corrected chi connectivity index (χ3v) is 7.03. The summed E-state index contributed by atoms with van der Waals surface area (Å²) in [6, 6.07) is 30.3. The molecule has 1 aliphatic heterocycles. The molecule has 3 aromatic carbocycles. The third-order valence-electron chi connectivity index (χ3n) is 5.71. The zero-order valence-electron chi connectivity index (χ0n) is 20.4. The standard InChI is InChI=1S/C29H32O5S2/c1-2-31-29(35)36-28-27(33-20-24-16-10-5-11-17-24)26(32-19-23-14-8-4-9-15-23)25(34-28)21-30-18-22-12-6-3-7-13-22/h3-17,25-28H,2,18-21H2,1H3/t25-,26-,27-,28-/m1/s1. The van der Waals surface area contributed by atoms with Gasteiger partial charge in [0.1, 0.15) is 23.7 Å². The zero-order valence-corrected chi connectivity index (χ0v) is 22.0. The van der Waals surface area contributed by atoms with Crippen molar-refractivity contribution in [1.82, 2.24) is 0 Å². The number of hydrogen-bond acceptors (Lipinski definition) is 7. The van der Waals surface area contributed by atoms with Gasteiger partial charge in [0.15, 0.2) is 0 Å². The van der Waals surface area contributed by atoms with Crippen molar-refractivity contribution in [2.45, 2.75) is 50.5 Å². The highest BCUT2D eigenvalue weighted by molar-refractivity contribution is 8.22. The van der Waals surface area contributed by atoms with E-state index in [1.54, 1.807) is 0 Å². The summed E-state index contributed by atoms with van der Waals surface area (Å²) < 4.78 is 31.4. The Hall–Kier alpha value is -2.26. The van der Waals surface area contributed by atoms with E-state index in [0.29, 0.717) is 37.4 Å². The van der Waals surface area contributed by atoms with E-state index in [2.05, 4.69) is 0 Å². The van der Waals surface area contributed by atoms with Crippen molar-refractivity contribution >= 4 is 28.4 Å². The van der Waals surface area contributed by atoms with Gasteiger partial charge in [0.05, 0.1) is 33.0 Å². The minimum absolute atomic E-state index is 0.319. The molecule has 0 N–H and O–H groups in total. The normalized spacial score (nSPS) is 21.4. The van der Waals surface area contributed by atoms with Gasteiger partial charge in [-0.3, -0.25) is 0 Å². The summed E-state index contributed by atoms with van der Waals surface area (Å²) in [6.45, 7) is 4.18. The van der Waals surface area contributed by atoms with Gasteiger partial charge in [-0.05, 0) is 47.6 Å². The first kappa shape index (κ1) is 26.8. The molecule has 1 aliphatic rings. The van der Waals surface area contributed by atoms with Crippen LogP contribution in [0.15, 0.2) is 91.0 Å². The fourth-order valence-electron chi connectivity index (χ4n) is 3.95. The number of benzene rings is 3. The van der Waals surface area contributed by atoms with Crippen LogP contribution in [0.3, 0.4) is 0 Å². The van der Waals surface area contributed by atoms with Gasteiger partial charge < -0.3 is 23.7 Å². The van der Waals surface area contributed by atoms with Crippen molar-refractivity contribution in [2.75, 3.05) is 13.2 Å². The minimum Gasteiger partial charge on any atom is -0.479 e. The molecule has 5 nitrogen and oxygen atoms in total. The second-order valence-corrected chi connectivity index (χ2v) is 10.1. The Balaban J connectivity index is 1.49. The maximum Gasteiger partial charge on any atom is 0.222 e. The predicted molar refractivity (Wildman–Crippen MR) is 147 cm³/mol. The van der Waals surface area contributed by atoms with Gasteiger partial charge >= 0.3 is 0 Å². The van der Waals surface area contributed by atoms with Crippen molar-refractivity contribution in [3.63, 3.8) is 0 Å². The minimum atomic E-state index is -0.376. The van der Waals surface area contributed by atoms with Crippen molar-refractivity contribution in [3.8, 4) is 0 Å². The van der Waals surface area contributed by atoms with Crippen LogP contribution in [-0.2, 0) is 43.5 Å². The van der Waals surface area contributed by atoms with Crippen LogP contribution >= 0.6 is 24.0 Å². The van der Waals surface area contributed by atoms with Gasteiger partial charge in [0.25, 0.3) is 0 Å². The Morgan fingerprint density at radius 3 is 1.78 bits per heavy atom. The zero-order chi connectivity index (χ0) is 25.0. The van der Waals surface area contributed by atoms with E-state index in [1.807, 2.05) is 97.9 Å². The number of thioether (sulfide) groups is 1. The molecule has 1 fully saturated rings. The Kier molecular flexibility index (Phi) is 10.8. The van der Waals surface area contributed by atoms with E-state index in [0.717, 1.165) is 16.7 Å². The molecular formula is C29H32O5S2. The van der Waals surface area contributed by atoms with Gasteiger partial charge in [-0.2, -0.15) is 0 Å². The summed E-state index contributed by atoms with van der Waals surface area (Å²) in [5.74, 6) is 0. The summed E-state index contributed by atoms with van der Waals surface area (Å²) >= 11 is 6.78. The Morgan fingerprint density at radius 2 is 1.25 bits per heavy atom. The molecule has 0 aromatic heterocycles. The number of rotatable bonds is 12. The second kappa shape index (κ2) is 14.5. The SMILES string of the molecule is CCOC(=S)S[C@H]1O[C@H](COCc2ccccc2)[C@@H](OCc2ccccc2)[C@H]1OCc1ccccc1. The van der Waals surface area contributed by atoms with Crippen LogP contribution in [-0.4, -0.2) is 41.3 Å². The summed E-state index contributed by atoms with van der Waals surface area (Å²) in [6.07, 6.45) is -1.02.